The molecule has 3 amide bonds. The lowest BCUT2D eigenvalue weighted by Gasteiger charge is -2.40. The third kappa shape index (κ3) is 8.96. The van der Waals surface area contributed by atoms with Crippen LogP contribution in [-0.4, -0.2) is 123 Å². The number of benzene rings is 1. The average molecular weight is 532 g/mol. The highest BCUT2D eigenvalue weighted by atomic mass is 16.6. The summed E-state index contributed by atoms with van der Waals surface area (Å²) in [6, 6.07) is 8.66. The van der Waals surface area contributed by atoms with Crippen LogP contribution in [0, 0.1) is 0 Å². The summed E-state index contributed by atoms with van der Waals surface area (Å²) in [6.45, 7) is 7.99. The van der Waals surface area contributed by atoms with Gasteiger partial charge in [0.15, 0.2) is 6.61 Å². The van der Waals surface area contributed by atoms with Crippen molar-refractivity contribution in [1.29, 1.82) is 0 Å². The van der Waals surface area contributed by atoms with E-state index in [9.17, 15) is 14.4 Å². The molecule has 212 valence electrons. The number of ether oxygens (including phenoxy) is 2. The minimum Gasteiger partial charge on any atom is -0.439 e. The summed E-state index contributed by atoms with van der Waals surface area (Å²) in [7, 11) is 3.80. The smallest absolute Gasteiger partial charge is 0.410 e. The Balaban J connectivity index is 1.35. The zero-order chi connectivity index (χ0) is 27.3. The van der Waals surface area contributed by atoms with E-state index in [1.165, 1.54) is 0 Å². The maximum Gasteiger partial charge on any atom is 0.410 e. The lowest BCUT2D eigenvalue weighted by atomic mass is 10.1. The van der Waals surface area contributed by atoms with Gasteiger partial charge in [-0.3, -0.25) is 14.5 Å². The van der Waals surface area contributed by atoms with Crippen LogP contribution in [0.4, 0.5) is 10.5 Å². The molecule has 1 N–H and O–H groups in total. The number of nitrogens with zero attached hydrogens (tertiary/aromatic N) is 4. The van der Waals surface area contributed by atoms with Gasteiger partial charge in [0, 0.05) is 77.3 Å². The van der Waals surface area contributed by atoms with E-state index in [4.69, 9.17) is 9.47 Å². The summed E-state index contributed by atoms with van der Waals surface area (Å²) in [5.74, 6) is -0.131. The number of para-hydroxylation sites is 1. The number of carbonyl (C=O) groups excluding carboxylic acids is 3. The van der Waals surface area contributed by atoms with Gasteiger partial charge in [0.2, 0.25) is 6.41 Å². The van der Waals surface area contributed by atoms with E-state index < -0.39 is 6.09 Å². The summed E-state index contributed by atoms with van der Waals surface area (Å²) in [5, 5.41) is 2.76. The van der Waals surface area contributed by atoms with E-state index in [-0.39, 0.29) is 12.5 Å². The molecule has 10 heteroatoms. The van der Waals surface area contributed by atoms with Gasteiger partial charge in [0.25, 0.3) is 5.91 Å². The Bertz CT molecular complexity index is 886. The third-order valence-electron chi connectivity index (χ3n) is 7.86. The highest BCUT2D eigenvalue weighted by Gasteiger charge is 2.28. The number of nitrogens with one attached hydrogen (secondary N) is 1. The fourth-order valence-corrected chi connectivity index (χ4v) is 5.30. The highest BCUT2D eigenvalue weighted by Crippen LogP contribution is 2.18. The van der Waals surface area contributed by atoms with Gasteiger partial charge in [-0.25, -0.2) is 4.79 Å². The van der Waals surface area contributed by atoms with Crippen molar-refractivity contribution < 1.29 is 23.9 Å². The summed E-state index contributed by atoms with van der Waals surface area (Å²) < 4.78 is 10.8. The maximum absolute atomic E-state index is 12.6. The number of piperazine rings is 1. The topological polar surface area (TPSA) is 94.7 Å². The van der Waals surface area contributed by atoms with Gasteiger partial charge >= 0.3 is 6.09 Å². The standard InChI is InChI=1S/C28H45N5O5/c1-4-24(30(2)13-9-23-7-5-6-8-26(23)29-22-34)10-14-31(3)28(36)38-21-27(35)33-17-15-32(16-18-33)25-11-19-37-20-12-25/h5-8,22,24-25H,4,9-21H2,1-3H3,(H,29,34). The van der Waals surface area contributed by atoms with Crippen LogP contribution in [0.1, 0.15) is 38.2 Å². The zero-order valence-corrected chi connectivity index (χ0v) is 23.3. The number of hydrogen-bond acceptors (Lipinski definition) is 7. The average Bonchev–Trinajstić information content (AvgIpc) is 2.96. The summed E-state index contributed by atoms with van der Waals surface area (Å²) >= 11 is 0. The second-order valence-electron chi connectivity index (χ2n) is 10.2. The van der Waals surface area contributed by atoms with Crippen LogP contribution in [0.5, 0.6) is 0 Å². The number of amides is 3. The molecule has 1 atom stereocenters. The minimum absolute atomic E-state index is 0.131. The molecule has 0 aliphatic carbocycles. The normalized spacial score (nSPS) is 17.7. The molecule has 0 saturated carbocycles. The first-order valence-electron chi connectivity index (χ1n) is 13.9. The molecule has 2 fully saturated rings. The number of anilines is 1. The second kappa shape index (κ2) is 15.7. The molecule has 3 rings (SSSR count). The van der Waals surface area contributed by atoms with Gasteiger partial charge in [-0.15, -0.1) is 0 Å². The SMILES string of the molecule is CCC(CCN(C)C(=O)OCC(=O)N1CCN(C2CCOCC2)CC1)N(C)CCc1ccccc1NC=O. The Kier molecular flexibility index (Phi) is 12.3. The number of carbonyl (C=O) groups is 3. The fourth-order valence-electron chi connectivity index (χ4n) is 5.30. The molecule has 2 aliphatic heterocycles. The molecule has 0 radical (unpaired) electrons. The lowest BCUT2D eigenvalue weighted by Crippen LogP contribution is -2.53. The van der Waals surface area contributed by atoms with Crippen molar-refractivity contribution in [2.75, 3.05) is 78.5 Å². The summed E-state index contributed by atoms with van der Waals surface area (Å²) in [4.78, 5) is 44.1. The molecular weight excluding hydrogens is 486 g/mol. The molecule has 1 aromatic rings. The molecule has 38 heavy (non-hydrogen) atoms. The van der Waals surface area contributed by atoms with Gasteiger partial charge < -0.3 is 29.5 Å². The van der Waals surface area contributed by atoms with Crippen LogP contribution in [-0.2, 0) is 25.5 Å². The molecule has 0 aromatic heterocycles. The monoisotopic (exact) mass is 531 g/mol. The number of likely N-dealkylation sites (N-methyl/N-ethyl adjacent to an activating group) is 1. The fraction of sp³-hybridized carbons (Fsp3) is 0.679. The Labute approximate surface area is 227 Å². The van der Waals surface area contributed by atoms with E-state index in [2.05, 4.69) is 29.1 Å². The first kappa shape index (κ1) is 29.9. The molecule has 2 saturated heterocycles. The molecule has 1 aromatic carbocycles. The Hall–Kier alpha value is -2.69. The van der Waals surface area contributed by atoms with Crippen molar-refractivity contribution in [1.82, 2.24) is 19.6 Å². The van der Waals surface area contributed by atoms with Crippen molar-refractivity contribution in [2.45, 2.75) is 51.1 Å². The summed E-state index contributed by atoms with van der Waals surface area (Å²) in [5.41, 5.74) is 1.93. The largest absolute Gasteiger partial charge is 0.439 e. The van der Waals surface area contributed by atoms with Crippen LogP contribution in [0.2, 0.25) is 0 Å². The first-order valence-corrected chi connectivity index (χ1v) is 13.9. The Morgan fingerprint density at radius 3 is 2.53 bits per heavy atom. The van der Waals surface area contributed by atoms with Crippen LogP contribution in [0.25, 0.3) is 0 Å². The van der Waals surface area contributed by atoms with E-state index in [0.717, 1.165) is 76.2 Å². The van der Waals surface area contributed by atoms with E-state index in [1.54, 1.807) is 16.8 Å². The molecule has 10 nitrogen and oxygen atoms in total. The molecule has 0 spiro atoms. The lowest BCUT2D eigenvalue weighted by molar-refractivity contribution is -0.137. The second-order valence-corrected chi connectivity index (χ2v) is 10.2. The minimum atomic E-state index is -0.467. The van der Waals surface area contributed by atoms with Gasteiger partial charge in [-0.1, -0.05) is 25.1 Å². The van der Waals surface area contributed by atoms with Crippen molar-refractivity contribution in [3.63, 3.8) is 0 Å². The Morgan fingerprint density at radius 1 is 1.13 bits per heavy atom. The van der Waals surface area contributed by atoms with E-state index in [1.807, 2.05) is 24.3 Å². The molecular formula is C28H45N5O5. The van der Waals surface area contributed by atoms with E-state index in [0.29, 0.717) is 38.1 Å². The van der Waals surface area contributed by atoms with Crippen LogP contribution >= 0.6 is 0 Å². The van der Waals surface area contributed by atoms with Crippen LogP contribution < -0.4 is 5.32 Å². The zero-order valence-electron chi connectivity index (χ0n) is 23.3. The van der Waals surface area contributed by atoms with Crippen molar-refractivity contribution in [3.05, 3.63) is 29.8 Å². The van der Waals surface area contributed by atoms with Crippen molar-refractivity contribution in [2.24, 2.45) is 0 Å². The molecule has 2 aliphatic rings. The third-order valence-corrected chi connectivity index (χ3v) is 7.86. The van der Waals surface area contributed by atoms with Crippen LogP contribution in [0.15, 0.2) is 24.3 Å². The maximum atomic E-state index is 12.6. The number of hydrogen-bond donors (Lipinski definition) is 1. The molecule has 1 unspecified atom stereocenters. The highest BCUT2D eigenvalue weighted by molar-refractivity contribution is 5.80. The predicted octanol–water partition coefficient (Wildman–Crippen LogP) is 2.29. The van der Waals surface area contributed by atoms with Crippen molar-refractivity contribution in [3.8, 4) is 0 Å². The molecule has 0 bridgehead atoms. The van der Waals surface area contributed by atoms with E-state index >= 15 is 0 Å². The van der Waals surface area contributed by atoms with Crippen LogP contribution in [0.3, 0.4) is 0 Å². The first-order chi connectivity index (χ1) is 18.4. The predicted molar refractivity (Wildman–Crippen MR) is 147 cm³/mol. The summed E-state index contributed by atoms with van der Waals surface area (Å²) in [6.07, 6.45) is 4.91. The Morgan fingerprint density at radius 2 is 1.84 bits per heavy atom. The number of rotatable bonds is 13. The van der Waals surface area contributed by atoms with Gasteiger partial charge in [-0.2, -0.15) is 0 Å². The molecule has 2 heterocycles. The quantitative estimate of drug-likeness (QED) is 0.390. The van der Waals surface area contributed by atoms with Gasteiger partial charge in [0.1, 0.15) is 0 Å². The van der Waals surface area contributed by atoms with Crippen molar-refractivity contribution >= 4 is 24.1 Å². The van der Waals surface area contributed by atoms with Gasteiger partial charge in [-0.05, 0) is 50.8 Å². The van der Waals surface area contributed by atoms with Gasteiger partial charge in [0.05, 0.1) is 0 Å².